The molecule has 3 aromatic rings. The molecule has 0 aromatic heterocycles. The zero-order chi connectivity index (χ0) is 17.6. The number of para-hydroxylation sites is 1. The van der Waals surface area contributed by atoms with E-state index in [1.807, 2.05) is 30.3 Å². The Kier molecular flexibility index (Phi) is 5.29. The van der Waals surface area contributed by atoms with E-state index in [9.17, 15) is 0 Å². The molecule has 3 aromatic carbocycles. The van der Waals surface area contributed by atoms with E-state index in [1.54, 1.807) is 0 Å². The van der Waals surface area contributed by atoms with Gasteiger partial charge in [0.05, 0.1) is 6.04 Å². The van der Waals surface area contributed by atoms with Crippen LogP contribution in [-0.2, 0) is 0 Å². The second-order valence-corrected chi connectivity index (χ2v) is 6.58. The van der Waals surface area contributed by atoms with Gasteiger partial charge in [0.15, 0.2) is 0 Å². The smallest absolute Gasteiger partial charge is 0.127 e. The van der Waals surface area contributed by atoms with Crippen LogP contribution >= 0.6 is 0 Å². The van der Waals surface area contributed by atoms with Crippen molar-refractivity contribution < 1.29 is 4.74 Å². The number of benzene rings is 3. The molecule has 0 spiro atoms. The summed E-state index contributed by atoms with van der Waals surface area (Å²) in [5, 5.41) is 3.45. The number of rotatable bonds is 5. The molecule has 0 saturated carbocycles. The van der Waals surface area contributed by atoms with Crippen LogP contribution in [0.25, 0.3) is 0 Å². The van der Waals surface area contributed by atoms with E-state index in [-0.39, 0.29) is 6.04 Å². The predicted molar refractivity (Wildman–Crippen MR) is 106 cm³/mol. The molecule has 1 heterocycles. The molecule has 1 aliphatic heterocycles. The number of nitrogens with one attached hydrogen (secondary N) is 1. The van der Waals surface area contributed by atoms with Crippen LogP contribution in [0.3, 0.4) is 0 Å². The van der Waals surface area contributed by atoms with Gasteiger partial charge in [-0.05, 0) is 35.4 Å². The van der Waals surface area contributed by atoms with Gasteiger partial charge in [-0.1, -0.05) is 60.7 Å². The summed E-state index contributed by atoms with van der Waals surface area (Å²) in [4.78, 5) is 2.55. The van der Waals surface area contributed by atoms with E-state index in [0.29, 0.717) is 0 Å². The summed E-state index contributed by atoms with van der Waals surface area (Å²) in [6, 6.07) is 29.5. The van der Waals surface area contributed by atoms with Crippen molar-refractivity contribution in [2.24, 2.45) is 0 Å². The summed E-state index contributed by atoms with van der Waals surface area (Å²) in [7, 11) is 0. The first-order valence-corrected chi connectivity index (χ1v) is 9.23. The molecule has 1 atom stereocenters. The van der Waals surface area contributed by atoms with Crippen molar-refractivity contribution >= 4 is 0 Å². The van der Waals surface area contributed by atoms with Crippen molar-refractivity contribution in [3.05, 3.63) is 96.1 Å². The fourth-order valence-electron chi connectivity index (χ4n) is 3.53. The molecule has 1 unspecified atom stereocenters. The van der Waals surface area contributed by atoms with Gasteiger partial charge in [0.2, 0.25) is 0 Å². The van der Waals surface area contributed by atoms with Gasteiger partial charge in [-0.2, -0.15) is 0 Å². The Hall–Kier alpha value is -2.62. The second kappa shape index (κ2) is 8.17. The molecule has 3 nitrogen and oxygen atoms in total. The fourth-order valence-corrected chi connectivity index (χ4v) is 3.53. The van der Waals surface area contributed by atoms with E-state index in [1.165, 1.54) is 11.1 Å². The molecule has 132 valence electrons. The van der Waals surface area contributed by atoms with Gasteiger partial charge in [0.25, 0.3) is 0 Å². The van der Waals surface area contributed by atoms with Crippen LogP contribution in [0.2, 0.25) is 0 Å². The van der Waals surface area contributed by atoms with Crippen molar-refractivity contribution in [2.75, 3.05) is 26.2 Å². The first kappa shape index (κ1) is 16.8. The Bertz CT molecular complexity index is 797. The van der Waals surface area contributed by atoms with Gasteiger partial charge in [-0.15, -0.1) is 0 Å². The lowest BCUT2D eigenvalue weighted by Gasteiger charge is -2.35. The summed E-state index contributed by atoms with van der Waals surface area (Å²) >= 11 is 0. The molecule has 1 aliphatic rings. The van der Waals surface area contributed by atoms with Crippen LogP contribution in [0.1, 0.15) is 17.2 Å². The number of piperazine rings is 1. The lowest BCUT2D eigenvalue weighted by atomic mass is 9.96. The molecular formula is C23H24N2O. The molecule has 0 amide bonds. The lowest BCUT2D eigenvalue weighted by molar-refractivity contribution is 0.198. The van der Waals surface area contributed by atoms with Gasteiger partial charge < -0.3 is 10.1 Å². The summed E-state index contributed by atoms with van der Waals surface area (Å²) in [6.07, 6.45) is 0. The maximum absolute atomic E-state index is 5.94. The quantitative estimate of drug-likeness (QED) is 0.739. The summed E-state index contributed by atoms with van der Waals surface area (Å²) in [5.74, 6) is 1.73. The van der Waals surface area contributed by atoms with E-state index in [2.05, 4.69) is 64.8 Å². The zero-order valence-electron chi connectivity index (χ0n) is 14.8. The Morgan fingerprint density at radius 3 is 1.85 bits per heavy atom. The molecule has 0 aliphatic carbocycles. The molecule has 0 bridgehead atoms. The van der Waals surface area contributed by atoms with E-state index in [0.717, 1.165) is 37.7 Å². The van der Waals surface area contributed by atoms with Gasteiger partial charge in [0, 0.05) is 26.2 Å². The largest absolute Gasteiger partial charge is 0.457 e. The van der Waals surface area contributed by atoms with Crippen molar-refractivity contribution in [2.45, 2.75) is 6.04 Å². The Balaban J connectivity index is 1.59. The highest BCUT2D eigenvalue weighted by atomic mass is 16.5. The Labute approximate surface area is 155 Å². The van der Waals surface area contributed by atoms with Gasteiger partial charge in [-0.25, -0.2) is 0 Å². The van der Waals surface area contributed by atoms with Crippen LogP contribution < -0.4 is 10.1 Å². The Morgan fingerprint density at radius 2 is 1.19 bits per heavy atom. The average Bonchev–Trinajstić information content (AvgIpc) is 2.72. The van der Waals surface area contributed by atoms with Crippen molar-refractivity contribution in [3.8, 4) is 11.5 Å². The third kappa shape index (κ3) is 3.96. The van der Waals surface area contributed by atoms with Crippen LogP contribution in [0, 0.1) is 0 Å². The zero-order valence-corrected chi connectivity index (χ0v) is 14.8. The molecule has 1 saturated heterocycles. The fraction of sp³-hybridized carbons (Fsp3) is 0.217. The second-order valence-electron chi connectivity index (χ2n) is 6.58. The third-order valence-corrected chi connectivity index (χ3v) is 4.81. The van der Waals surface area contributed by atoms with E-state index in [4.69, 9.17) is 4.74 Å². The van der Waals surface area contributed by atoms with Crippen LogP contribution in [-0.4, -0.2) is 31.1 Å². The van der Waals surface area contributed by atoms with Crippen LogP contribution in [0.4, 0.5) is 0 Å². The summed E-state index contributed by atoms with van der Waals surface area (Å²) in [6.45, 7) is 4.20. The lowest BCUT2D eigenvalue weighted by Crippen LogP contribution is -2.45. The monoisotopic (exact) mass is 344 g/mol. The standard InChI is InChI=1S/C23H24N2O/c1-3-7-19(8-4-1)23(25-17-15-24-16-18-25)20-11-13-22(14-12-20)26-21-9-5-2-6-10-21/h1-14,23-24H,15-18H2. The number of hydrogen-bond donors (Lipinski definition) is 1. The molecular weight excluding hydrogens is 320 g/mol. The normalized spacial score (nSPS) is 16.2. The maximum atomic E-state index is 5.94. The molecule has 1 fully saturated rings. The minimum Gasteiger partial charge on any atom is -0.457 e. The minimum absolute atomic E-state index is 0.282. The average molecular weight is 344 g/mol. The SMILES string of the molecule is c1ccc(Oc2ccc(C(c3ccccc3)N3CCNCC3)cc2)cc1. The summed E-state index contributed by atoms with van der Waals surface area (Å²) < 4.78 is 5.94. The van der Waals surface area contributed by atoms with Crippen molar-refractivity contribution in [1.82, 2.24) is 10.2 Å². The van der Waals surface area contributed by atoms with E-state index < -0.39 is 0 Å². The number of ether oxygens (including phenoxy) is 1. The van der Waals surface area contributed by atoms with Crippen LogP contribution in [0.5, 0.6) is 11.5 Å². The molecule has 3 heteroatoms. The van der Waals surface area contributed by atoms with Gasteiger partial charge >= 0.3 is 0 Å². The Morgan fingerprint density at radius 1 is 0.654 bits per heavy atom. The summed E-state index contributed by atoms with van der Waals surface area (Å²) in [5.41, 5.74) is 2.64. The van der Waals surface area contributed by atoms with Gasteiger partial charge in [0.1, 0.15) is 11.5 Å². The highest BCUT2D eigenvalue weighted by Gasteiger charge is 2.23. The first-order chi connectivity index (χ1) is 12.9. The minimum atomic E-state index is 0.282. The predicted octanol–water partition coefficient (Wildman–Crippen LogP) is 4.47. The first-order valence-electron chi connectivity index (χ1n) is 9.23. The number of nitrogens with zero attached hydrogens (tertiary/aromatic N) is 1. The topological polar surface area (TPSA) is 24.5 Å². The maximum Gasteiger partial charge on any atom is 0.127 e. The van der Waals surface area contributed by atoms with Crippen molar-refractivity contribution in [1.29, 1.82) is 0 Å². The third-order valence-electron chi connectivity index (χ3n) is 4.81. The molecule has 0 radical (unpaired) electrons. The number of hydrogen-bond acceptors (Lipinski definition) is 3. The highest BCUT2D eigenvalue weighted by Crippen LogP contribution is 2.31. The van der Waals surface area contributed by atoms with Crippen LogP contribution in [0.15, 0.2) is 84.9 Å². The van der Waals surface area contributed by atoms with Gasteiger partial charge in [-0.3, -0.25) is 4.90 Å². The van der Waals surface area contributed by atoms with E-state index >= 15 is 0 Å². The molecule has 4 rings (SSSR count). The van der Waals surface area contributed by atoms with Crippen molar-refractivity contribution in [3.63, 3.8) is 0 Å². The highest BCUT2D eigenvalue weighted by molar-refractivity contribution is 5.37. The molecule has 26 heavy (non-hydrogen) atoms. The molecule has 1 N–H and O–H groups in total.